The highest BCUT2D eigenvalue weighted by Crippen LogP contribution is 2.26. The number of hydrogen-bond donors (Lipinski definition) is 0. The molecule has 0 radical (unpaired) electrons. The molecule has 0 fully saturated rings. The molecule has 2 heteroatoms. The predicted octanol–water partition coefficient (Wildman–Crippen LogP) is 4.71. The van der Waals surface area contributed by atoms with Crippen LogP contribution in [0.25, 0.3) is 0 Å². The minimum atomic E-state index is -1.39. The average molecular weight is 294 g/mol. The molecule has 2 rings (SSSR count). The van der Waals surface area contributed by atoms with Crippen molar-refractivity contribution in [3.05, 3.63) is 65.7 Å². The van der Waals surface area contributed by atoms with Crippen LogP contribution < -0.4 is 4.74 Å². The molecular formula is C19H22OSi. The van der Waals surface area contributed by atoms with Crippen molar-refractivity contribution in [2.45, 2.75) is 25.6 Å². The second-order valence-electron chi connectivity index (χ2n) is 6.14. The van der Waals surface area contributed by atoms with Crippen LogP contribution in [0, 0.1) is 11.5 Å². The summed E-state index contributed by atoms with van der Waals surface area (Å²) in [6.07, 6.45) is 0. The molecule has 0 bridgehead atoms. The minimum Gasteiger partial charge on any atom is -0.497 e. The van der Waals surface area contributed by atoms with Gasteiger partial charge in [-0.15, -0.1) is 5.54 Å². The van der Waals surface area contributed by atoms with Crippen LogP contribution in [-0.2, 0) is 0 Å². The highest BCUT2D eigenvalue weighted by Gasteiger charge is 2.13. The lowest BCUT2D eigenvalue weighted by Gasteiger charge is -2.14. The summed E-state index contributed by atoms with van der Waals surface area (Å²) in [5.74, 6) is 4.51. The third-order valence-corrected chi connectivity index (χ3v) is 4.07. The van der Waals surface area contributed by atoms with Crippen molar-refractivity contribution < 1.29 is 4.74 Å². The maximum atomic E-state index is 5.24. The molecule has 0 saturated carbocycles. The van der Waals surface area contributed by atoms with E-state index in [-0.39, 0.29) is 5.92 Å². The quantitative estimate of drug-likeness (QED) is 0.588. The van der Waals surface area contributed by atoms with Gasteiger partial charge in [-0.1, -0.05) is 68.0 Å². The Morgan fingerprint density at radius 2 is 1.43 bits per heavy atom. The minimum absolute atomic E-state index is 0.129. The highest BCUT2D eigenvalue weighted by atomic mass is 28.3. The fraction of sp³-hybridized carbons (Fsp3) is 0.263. The Kier molecular flexibility index (Phi) is 4.88. The van der Waals surface area contributed by atoms with E-state index < -0.39 is 8.07 Å². The Bertz CT molecular complexity index is 627. The number of ether oxygens (including phenoxy) is 1. The van der Waals surface area contributed by atoms with Crippen molar-refractivity contribution in [3.8, 4) is 17.2 Å². The lowest BCUT2D eigenvalue weighted by molar-refractivity contribution is 0.414. The van der Waals surface area contributed by atoms with Crippen LogP contribution in [0.2, 0.25) is 19.6 Å². The monoisotopic (exact) mass is 294 g/mol. The topological polar surface area (TPSA) is 9.23 Å². The standard InChI is InChI=1S/C19H22OSi/c1-20-18-12-10-17(11-13-18)19(14-15-21(2,3)4)16-8-6-5-7-9-16/h5-13,19H,1-4H3. The summed E-state index contributed by atoms with van der Waals surface area (Å²) >= 11 is 0. The normalized spacial score (nSPS) is 12.2. The molecule has 0 heterocycles. The number of rotatable bonds is 3. The molecule has 1 atom stereocenters. The maximum absolute atomic E-state index is 5.24. The van der Waals surface area contributed by atoms with Crippen LogP contribution in [0.15, 0.2) is 54.6 Å². The Hall–Kier alpha value is -1.98. The smallest absolute Gasteiger partial charge is 0.129 e. The summed E-state index contributed by atoms with van der Waals surface area (Å²) in [5, 5.41) is 0. The van der Waals surface area contributed by atoms with Crippen LogP contribution >= 0.6 is 0 Å². The summed E-state index contributed by atoms with van der Waals surface area (Å²) in [4.78, 5) is 0. The lowest BCUT2D eigenvalue weighted by Crippen LogP contribution is -2.17. The molecule has 1 nitrogen and oxygen atoms in total. The summed E-state index contributed by atoms with van der Waals surface area (Å²) < 4.78 is 5.24. The zero-order chi connectivity index (χ0) is 15.3. The molecule has 0 saturated heterocycles. The number of hydrogen-bond acceptors (Lipinski definition) is 1. The SMILES string of the molecule is COc1ccc(C(C#C[Si](C)(C)C)c2ccccc2)cc1. The molecular weight excluding hydrogens is 272 g/mol. The first-order valence-electron chi connectivity index (χ1n) is 7.21. The van der Waals surface area contributed by atoms with Crippen molar-refractivity contribution in [1.29, 1.82) is 0 Å². The van der Waals surface area contributed by atoms with Gasteiger partial charge in [-0.2, -0.15) is 0 Å². The van der Waals surface area contributed by atoms with Gasteiger partial charge in [0, 0.05) is 0 Å². The van der Waals surface area contributed by atoms with Gasteiger partial charge in [0.25, 0.3) is 0 Å². The Balaban J connectivity index is 2.42. The van der Waals surface area contributed by atoms with Crippen molar-refractivity contribution in [2.24, 2.45) is 0 Å². The molecule has 2 aromatic rings. The van der Waals surface area contributed by atoms with Gasteiger partial charge >= 0.3 is 0 Å². The Morgan fingerprint density at radius 3 is 1.95 bits per heavy atom. The second kappa shape index (κ2) is 6.65. The van der Waals surface area contributed by atoms with Gasteiger partial charge in [-0.05, 0) is 23.3 Å². The van der Waals surface area contributed by atoms with Crippen molar-refractivity contribution >= 4 is 8.07 Å². The molecule has 108 valence electrons. The lowest BCUT2D eigenvalue weighted by atomic mass is 9.92. The van der Waals surface area contributed by atoms with E-state index in [0.717, 1.165) is 5.75 Å². The highest BCUT2D eigenvalue weighted by molar-refractivity contribution is 6.83. The van der Waals surface area contributed by atoms with Gasteiger partial charge < -0.3 is 4.74 Å². The summed E-state index contributed by atoms with van der Waals surface area (Å²) in [5.41, 5.74) is 5.96. The molecule has 0 aliphatic rings. The fourth-order valence-corrected chi connectivity index (χ4v) is 2.67. The Labute approximate surface area is 129 Å². The molecule has 0 aromatic heterocycles. The molecule has 0 amide bonds. The van der Waals surface area contributed by atoms with Gasteiger partial charge in [0.05, 0.1) is 13.0 Å². The van der Waals surface area contributed by atoms with E-state index >= 15 is 0 Å². The first-order valence-corrected chi connectivity index (χ1v) is 10.7. The van der Waals surface area contributed by atoms with Gasteiger partial charge in [0.2, 0.25) is 0 Å². The van der Waals surface area contributed by atoms with E-state index in [0.29, 0.717) is 0 Å². The molecule has 0 N–H and O–H groups in total. The molecule has 1 unspecified atom stereocenters. The molecule has 2 aromatic carbocycles. The summed E-state index contributed by atoms with van der Waals surface area (Å²) in [6.45, 7) is 6.82. The first kappa shape index (κ1) is 15.4. The van der Waals surface area contributed by atoms with Crippen LogP contribution in [0.4, 0.5) is 0 Å². The number of methoxy groups -OCH3 is 1. The van der Waals surface area contributed by atoms with E-state index in [1.807, 2.05) is 18.2 Å². The molecule has 21 heavy (non-hydrogen) atoms. The average Bonchev–Trinajstić information content (AvgIpc) is 2.48. The van der Waals surface area contributed by atoms with Crippen LogP contribution in [-0.4, -0.2) is 15.2 Å². The van der Waals surface area contributed by atoms with Gasteiger partial charge in [0.15, 0.2) is 0 Å². The van der Waals surface area contributed by atoms with Gasteiger partial charge in [-0.25, -0.2) is 0 Å². The van der Waals surface area contributed by atoms with Crippen molar-refractivity contribution in [3.63, 3.8) is 0 Å². The summed E-state index contributed by atoms with van der Waals surface area (Å²) in [7, 11) is 0.300. The third-order valence-electron chi connectivity index (χ3n) is 3.17. The largest absolute Gasteiger partial charge is 0.497 e. The first-order chi connectivity index (χ1) is 9.99. The molecule has 0 aliphatic heterocycles. The molecule has 0 aliphatic carbocycles. The zero-order valence-electron chi connectivity index (χ0n) is 13.2. The zero-order valence-corrected chi connectivity index (χ0v) is 14.2. The van der Waals surface area contributed by atoms with E-state index in [2.05, 4.69) is 67.5 Å². The van der Waals surface area contributed by atoms with E-state index in [4.69, 9.17) is 4.74 Å². The van der Waals surface area contributed by atoms with E-state index in [1.165, 1.54) is 11.1 Å². The summed E-state index contributed by atoms with van der Waals surface area (Å²) in [6, 6.07) is 18.7. The van der Waals surface area contributed by atoms with E-state index in [9.17, 15) is 0 Å². The predicted molar refractivity (Wildman–Crippen MR) is 92.4 cm³/mol. The fourth-order valence-electron chi connectivity index (χ4n) is 2.09. The third kappa shape index (κ3) is 4.51. The van der Waals surface area contributed by atoms with Crippen LogP contribution in [0.3, 0.4) is 0 Å². The van der Waals surface area contributed by atoms with E-state index in [1.54, 1.807) is 7.11 Å². The number of benzene rings is 2. The molecule has 0 spiro atoms. The van der Waals surface area contributed by atoms with Gasteiger partial charge in [-0.3, -0.25) is 0 Å². The van der Waals surface area contributed by atoms with Crippen LogP contribution in [0.5, 0.6) is 5.75 Å². The Morgan fingerprint density at radius 1 is 0.857 bits per heavy atom. The van der Waals surface area contributed by atoms with Gasteiger partial charge in [0.1, 0.15) is 13.8 Å². The van der Waals surface area contributed by atoms with Crippen molar-refractivity contribution in [2.75, 3.05) is 7.11 Å². The second-order valence-corrected chi connectivity index (χ2v) is 10.9. The van der Waals surface area contributed by atoms with Crippen molar-refractivity contribution in [1.82, 2.24) is 0 Å². The maximum Gasteiger partial charge on any atom is 0.129 e. The van der Waals surface area contributed by atoms with Crippen LogP contribution in [0.1, 0.15) is 17.0 Å².